The summed E-state index contributed by atoms with van der Waals surface area (Å²) in [6, 6.07) is 11.8. The zero-order valence-corrected chi connectivity index (χ0v) is 20.3. The second-order valence-electron chi connectivity index (χ2n) is 7.76. The number of halogens is 1. The van der Waals surface area contributed by atoms with Crippen molar-refractivity contribution in [1.82, 2.24) is 14.9 Å². The number of hydrogen-bond acceptors (Lipinski definition) is 8. The zero-order chi connectivity index (χ0) is 23.2. The van der Waals surface area contributed by atoms with E-state index in [9.17, 15) is 4.79 Å². The molecule has 1 N–H and O–H groups in total. The first-order chi connectivity index (χ1) is 16.1. The van der Waals surface area contributed by atoms with Gasteiger partial charge in [0.1, 0.15) is 18.8 Å². The van der Waals surface area contributed by atoms with Crippen LogP contribution in [-0.2, 0) is 9.53 Å². The van der Waals surface area contributed by atoms with Crippen molar-refractivity contribution < 1.29 is 19.0 Å². The Morgan fingerprint density at radius 1 is 1.24 bits per heavy atom. The molecule has 0 radical (unpaired) electrons. The van der Waals surface area contributed by atoms with E-state index in [-0.39, 0.29) is 18.6 Å². The number of ether oxygens (including phenoxy) is 3. The predicted molar refractivity (Wildman–Crippen MR) is 130 cm³/mol. The van der Waals surface area contributed by atoms with E-state index in [4.69, 9.17) is 14.2 Å². The molecule has 1 aliphatic heterocycles. The number of fused-ring (bicyclic) bond motifs is 1. The number of benzene rings is 2. The van der Waals surface area contributed by atoms with Crippen LogP contribution in [0.2, 0.25) is 0 Å². The number of rotatable bonds is 9. The van der Waals surface area contributed by atoms with Crippen molar-refractivity contribution in [2.24, 2.45) is 0 Å². The molecule has 0 aliphatic carbocycles. The van der Waals surface area contributed by atoms with Crippen LogP contribution in [-0.4, -0.2) is 60.3 Å². The number of methoxy groups -OCH3 is 1. The summed E-state index contributed by atoms with van der Waals surface area (Å²) in [6.07, 6.45) is 3.51. The molecule has 0 spiro atoms. The number of hydrogen-bond donors (Lipinski definition) is 1. The minimum Gasteiger partial charge on any atom is -0.493 e. The van der Waals surface area contributed by atoms with Crippen molar-refractivity contribution in [2.45, 2.75) is 25.8 Å². The van der Waals surface area contributed by atoms with Crippen molar-refractivity contribution in [3.63, 3.8) is 0 Å². The molecule has 174 valence electrons. The number of esters is 1. The van der Waals surface area contributed by atoms with Crippen LogP contribution in [0.25, 0.3) is 10.9 Å². The molecule has 2 heterocycles. The fourth-order valence-corrected chi connectivity index (χ4v) is 4.39. The molecule has 8 nitrogen and oxygen atoms in total. The van der Waals surface area contributed by atoms with E-state index in [1.54, 1.807) is 7.11 Å². The summed E-state index contributed by atoms with van der Waals surface area (Å²) in [7, 11) is 1.61. The third-order valence-corrected chi connectivity index (χ3v) is 6.07. The van der Waals surface area contributed by atoms with Crippen molar-refractivity contribution >= 4 is 44.3 Å². The molecule has 0 saturated carbocycles. The topological polar surface area (TPSA) is 85.8 Å². The molecule has 1 saturated heterocycles. The lowest BCUT2D eigenvalue weighted by Gasteiger charge is -2.24. The standard InChI is InChI=1S/C24H27BrN4O4/c1-3-32-23(30)13-29-9-5-8-18(29)14-33-22-11-19-20(12-21(22)31-2)26-15-27-24(19)28-17-7-4-6-16(25)10-17/h4,6-7,10-12,15,18H,3,5,8-9,13-14H2,1-2H3,(H,26,27,28)/t18-/m1/s1. The van der Waals surface area contributed by atoms with Crippen molar-refractivity contribution in [3.8, 4) is 11.5 Å². The van der Waals surface area contributed by atoms with E-state index < -0.39 is 0 Å². The lowest BCUT2D eigenvalue weighted by atomic mass is 10.2. The van der Waals surface area contributed by atoms with Gasteiger partial charge in [-0.2, -0.15) is 0 Å². The fraction of sp³-hybridized carbons (Fsp3) is 0.375. The first-order valence-corrected chi connectivity index (χ1v) is 11.7. The van der Waals surface area contributed by atoms with Crippen LogP contribution >= 0.6 is 15.9 Å². The molecule has 9 heteroatoms. The molecule has 1 fully saturated rings. The van der Waals surface area contributed by atoms with E-state index in [1.807, 2.05) is 43.3 Å². The van der Waals surface area contributed by atoms with E-state index in [2.05, 4.69) is 36.1 Å². The van der Waals surface area contributed by atoms with Gasteiger partial charge in [0, 0.05) is 27.7 Å². The molecule has 3 aromatic rings. The quantitative estimate of drug-likeness (QED) is 0.416. The summed E-state index contributed by atoms with van der Waals surface area (Å²) in [4.78, 5) is 22.9. The van der Waals surface area contributed by atoms with Crippen LogP contribution in [0.4, 0.5) is 11.5 Å². The normalized spacial score (nSPS) is 16.0. The number of carbonyl (C=O) groups excluding carboxylic acids is 1. The average molecular weight is 515 g/mol. The van der Waals surface area contributed by atoms with Crippen LogP contribution in [0.3, 0.4) is 0 Å². The van der Waals surface area contributed by atoms with E-state index in [0.29, 0.717) is 30.5 Å². The van der Waals surface area contributed by atoms with Gasteiger partial charge in [0.05, 0.1) is 25.8 Å². The van der Waals surface area contributed by atoms with Gasteiger partial charge in [0.15, 0.2) is 11.5 Å². The Balaban J connectivity index is 1.55. The number of nitrogens with zero attached hydrogens (tertiary/aromatic N) is 3. The van der Waals surface area contributed by atoms with E-state index in [1.165, 1.54) is 6.33 Å². The maximum atomic E-state index is 11.9. The minimum absolute atomic E-state index is 0.140. The highest BCUT2D eigenvalue weighted by Gasteiger charge is 2.27. The molecule has 0 bridgehead atoms. The molecule has 1 atom stereocenters. The number of carbonyl (C=O) groups is 1. The van der Waals surface area contributed by atoms with Crippen LogP contribution in [0, 0.1) is 0 Å². The maximum Gasteiger partial charge on any atom is 0.320 e. The first-order valence-electron chi connectivity index (χ1n) is 10.9. The Morgan fingerprint density at radius 3 is 2.91 bits per heavy atom. The molecular weight excluding hydrogens is 488 g/mol. The first kappa shape index (κ1) is 23.3. The van der Waals surface area contributed by atoms with Gasteiger partial charge in [0.25, 0.3) is 0 Å². The van der Waals surface area contributed by atoms with Crippen LogP contribution in [0.15, 0.2) is 47.2 Å². The fourth-order valence-electron chi connectivity index (χ4n) is 3.99. The molecular formula is C24H27BrN4O4. The van der Waals surface area contributed by atoms with E-state index >= 15 is 0 Å². The lowest BCUT2D eigenvalue weighted by molar-refractivity contribution is -0.144. The number of anilines is 2. The van der Waals surface area contributed by atoms with Crippen molar-refractivity contribution in [1.29, 1.82) is 0 Å². The summed E-state index contributed by atoms with van der Waals surface area (Å²) in [5, 5.41) is 4.18. The predicted octanol–water partition coefficient (Wildman–Crippen LogP) is 4.55. The summed E-state index contributed by atoms with van der Waals surface area (Å²) in [5.74, 6) is 1.69. The van der Waals surface area contributed by atoms with Gasteiger partial charge in [0.2, 0.25) is 0 Å². The van der Waals surface area contributed by atoms with Gasteiger partial charge in [-0.15, -0.1) is 0 Å². The molecule has 1 aromatic heterocycles. The number of likely N-dealkylation sites (tertiary alicyclic amines) is 1. The highest BCUT2D eigenvalue weighted by molar-refractivity contribution is 9.10. The largest absolute Gasteiger partial charge is 0.493 e. The highest BCUT2D eigenvalue weighted by atomic mass is 79.9. The number of aromatic nitrogens is 2. The monoisotopic (exact) mass is 514 g/mol. The third kappa shape index (κ3) is 5.72. The Bertz CT molecular complexity index is 1130. The molecule has 33 heavy (non-hydrogen) atoms. The van der Waals surface area contributed by atoms with Crippen LogP contribution in [0.1, 0.15) is 19.8 Å². The molecule has 2 aromatic carbocycles. The molecule has 1 aliphatic rings. The number of nitrogens with one attached hydrogen (secondary N) is 1. The molecule has 4 rings (SSSR count). The Labute approximate surface area is 201 Å². The Kier molecular flexibility index (Phi) is 7.61. The van der Waals surface area contributed by atoms with Crippen LogP contribution < -0.4 is 14.8 Å². The summed E-state index contributed by atoms with van der Waals surface area (Å²) in [6.45, 7) is 3.79. The maximum absolute atomic E-state index is 11.9. The second kappa shape index (κ2) is 10.8. The van der Waals surface area contributed by atoms with Crippen LogP contribution in [0.5, 0.6) is 11.5 Å². The Morgan fingerprint density at radius 2 is 2.12 bits per heavy atom. The van der Waals surface area contributed by atoms with Gasteiger partial charge in [-0.1, -0.05) is 22.0 Å². The third-order valence-electron chi connectivity index (χ3n) is 5.58. The Hall–Kier alpha value is -2.91. The second-order valence-corrected chi connectivity index (χ2v) is 8.68. The van der Waals surface area contributed by atoms with Gasteiger partial charge in [-0.25, -0.2) is 9.97 Å². The molecule has 0 unspecified atom stereocenters. The SMILES string of the molecule is CCOC(=O)CN1CCC[C@@H]1COc1cc2c(Nc3cccc(Br)c3)ncnc2cc1OC. The summed E-state index contributed by atoms with van der Waals surface area (Å²) in [5.41, 5.74) is 1.65. The van der Waals surface area contributed by atoms with Gasteiger partial charge in [-0.05, 0) is 50.6 Å². The average Bonchev–Trinajstić information content (AvgIpc) is 3.24. The van der Waals surface area contributed by atoms with Gasteiger partial charge < -0.3 is 19.5 Å². The summed E-state index contributed by atoms with van der Waals surface area (Å²) >= 11 is 3.49. The van der Waals surface area contributed by atoms with Crippen molar-refractivity contribution in [3.05, 3.63) is 47.2 Å². The van der Waals surface area contributed by atoms with Gasteiger partial charge >= 0.3 is 5.97 Å². The zero-order valence-electron chi connectivity index (χ0n) is 18.7. The smallest absolute Gasteiger partial charge is 0.320 e. The summed E-state index contributed by atoms with van der Waals surface area (Å²) < 4.78 is 17.8. The lowest BCUT2D eigenvalue weighted by Crippen LogP contribution is -2.38. The van der Waals surface area contributed by atoms with Gasteiger partial charge in [-0.3, -0.25) is 9.69 Å². The minimum atomic E-state index is -0.201. The van der Waals surface area contributed by atoms with E-state index in [0.717, 1.165) is 40.4 Å². The van der Waals surface area contributed by atoms with Crippen molar-refractivity contribution in [2.75, 3.05) is 38.7 Å². The highest BCUT2D eigenvalue weighted by Crippen LogP contribution is 2.35. The molecule has 0 amide bonds.